The molecule has 8 nitrogen and oxygen atoms in total. The van der Waals surface area contributed by atoms with Gasteiger partial charge in [-0.05, 0) is 27.7 Å². The maximum atomic E-state index is 12.1. The number of carbonyl (C=O) groups excluding carboxylic acids is 1. The molecule has 8 heteroatoms. The zero-order valence-corrected chi connectivity index (χ0v) is 15.2. The standard InChI is InChI=1S/C16H28N6O2/c1-12-13(11-19-20(12)5)10-18-14(17)21-6-8-22(9-7-21)15(23)24-16(2,3)4/h11H,6-10H2,1-5H3,(H2,17,18). The van der Waals surface area contributed by atoms with Gasteiger partial charge in [0.2, 0.25) is 0 Å². The molecule has 0 atom stereocenters. The summed E-state index contributed by atoms with van der Waals surface area (Å²) in [6, 6.07) is 0. The van der Waals surface area contributed by atoms with Crippen LogP contribution in [0.2, 0.25) is 0 Å². The SMILES string of the molecule is Cc1c(CN=C(N)N2CCN(C(=O)OC(C)(C)C)CC2)cnn1C. The molecule has 1 aromatic rings. The molecule has 1 aromatic heterocycles. The number of aryl methyl sites for hydroxylation is 1. The third-order valence-corrected chi connectivity index (χ3v) is 4.00. The fraction of sp³-hybridized carbons (Fsp3) is 0.688. The maximum Gasteiger partial charge on any atom is 0.410 e. The molecule has 0 bridgehead atoms. The van der Waals surface area contributed by atoms with Crippen LogP contribution in [0.4, 0.5) is 4.79 Å². The lowest BCUT2D eigenvalue weighted by molar-refractivity contribution is 0.0186. The summed E-state index contributed by atoms with van der Waals surface area (Å²) in [6.45, 7) is 10.6. The summed E-state index contributed by atoms with van der Waals surface area (Å²) in [5.74, 6) is 0.502. The van der Waals surface area contributed by atoms with Crippen molar-refractivity contribution < 1.29 is 9.53 Å². The molecule has 134 valence electrons. The molecule has 2 heterocycles. The second-order valence-electron chi connectivity index (χ2n) is 7.01. The van der Waals surface area contributed by atoms with Gasteiger partial charge >= 0.3 is 6.09 Å². The molecule has 0 spiro atoms. The maximum absolute atomic E-state index is 12.1. The molecule has 1 aliphatic rings. The first-order valence-electron chi connectivity index (χ1n) is 8.17. The Labute approximate surface area is 143 Å². The Kier molecular flexibility index (Phi) is 5.36. The van der Waals surface area contributed by atoms with E-state index in [-0.39, 0.29) is 6.09 Å². The van der Waals surface area contributed by atoms with Crippen LogP contribution in [-0.4, -0.2) is 63.4 Å². The first kappa shape index (κ1) is 18.1. The minimum Gasteiger partial charge on any atom is -0.444 e. The van der Waals surface area contributed by atoms with E-state index in [2.05, 4.69) is 10.1 Å². The van der Waals surface area contributed by atoms with E-state index < -0.39 is 5.60 Å². The number of carbonyl (C=O) groups is 1. The first-order valence-corrected chi connectivity index (χ1v) is 8.17. The number of aliphatic imine (C=N–C) groups is 1. The van der Waals surface area contributed by atoms with Crippen molar-refractivity contribution in [2.45, 2.75) is 39.8 Å². The second kappa shape index (κ2) is 7.11. The topological polar surface area (TPSA) is 89.0 Å². The largest absolute Gasteiger partial charge is 0.444 e. The number of ether oxygens (including phenoxy) is 1. The van der Waals surface area contributed by atoms with Gasteiger partial charge in [-0.15, -0.1) is 0 Å². The van der Waals surface area contributed by atoms with E-state index in [1.54, 1.807) is 4.90 Å². The number of guanidine groups is 1. The summed E-state index contributed by atoms with van der Waals surface area (Å²) >= 11 is 0. The van der Waals surface area contributed by atoms with Gasteiger partial charge in [0.05, 0.1) is 12.7 Å². The van der Waals surface area contributed by atoms with Crippen molar-refractivity contribution >= 4 is 12.1 Å². The van der Waals surface area contributed by atoms with Crippen LogP contribution in [0.15, 0.2) is 11.2 Å². The van der Waals surface area contributed by atoms with Crippen molar-refractivity contribution in [1.29, 1.82) is 0 Å². The van der Waals surface area contributed by atoms with Crippen molar-refractivity contribution in [3.63, 3.8) is 0 Å². The van der Waals surface area contributed by atoms with Crippen molar-refractivity contribution in [2.75, 3.05) is 26.2 Å². The van der Waals surface area contributed by atoms with Crippen LogP contribution in [0.5, 0.6) is 0 Å². The number of hydrogen-bond donors (Lipinski definition) is 1. The summed E-state index contributed by atoms with van der Waals surface area (Å²) in [7, 11) is 1.90. The summed E-state index contributed by atoms with van der Waals surface area (Å²) < 4.78 is 7.21. The van der Waals surface area contributed by atoms with Gasteiger partial charge in [0.1, 0.15) is 5.60 Å². The molecule has 0 unspecified atom stereocenters. The Morgan fingerprint density at radius 3 is 2.38 bits per heavy atom. The van der Waals surface area contributed by atoms with Crippen LogP contribution in [0.1, 0.15) is 32.0 Å². The quantitative estimate of drug-likeness (QED) is 0.645. The highest BCUT2D eigenvalue weighted by molar-refractivity contribution is 5.78. The Morgan fingerprint density at radius 2 is 1.88 bits per heavy atom. The zero-order valence-electron chi connectivity index (χ0n) is 15.2. The summed E-state index contributed by atoms with van der Waals surface area (Å²) in [5.41, 5.74) is 7.76. The monoisotopic (exact) mass is 336 g/mol. The normalized spacial score (nSPS) is 16.5. The third-order valence-electron chi connectivity index (χ3n) is 4.00. The number of nitrogens with two attached hydrogens (primary N) is 1. The van der Waals surface area contributed by atoms with Gasteiger partial charge in [0.15, 0.2) is 5.96 Å². The lowest BCUT2D eigenvalue weighted by atomic mass is 10.2. The smallest absolute Gasteiger partial charge is 0.410 e. The van der Waals surface area contributed by atoms with Gasteiger partial charge in [0, 0.05) is 44.5 Å². The molecule has 1 fully saturated rings. The highest BCUT2D eigenvalue weighted by atomic mass is 16.6. The molecule has 1 aliphatic heterocycles. The molecule has 2 N–H and O–H groups in total. The van der Waals surface area contributed by atoms with Crippen LogP contribution in [0.25, 0.3) is 0 Å². The molecule has 0 saturated carbocycles. The van der Waals surface area contributed by atoms with Gasteiger partial charge in [-0.2, -0.15) is 5.10 Å². The Morgan fingerprint density at radius 1 is 1.29 bits per heavy atom. The first-order chi connectivity index (χ1) is 11.2. The lowest BCUT2D eigenvalue weighted by Gasteiger charge is -2.36. The number of aromatic nitrogens is 2. The average molecular weight is 336 g/mol. The van der Waals surface area contributed by atoms with E-state index in [9.17, 15) is 4.79 Å². The van der Waals surface area contributed by atoms with Crippen molar-refractivity contribution in [1.82, 2.24) is 19.6 Å². The number of nitrogens with zero attached hydrogens (tertiary/aromatic N) is 5. The number of piperazine rings is 1. The van der Waals surface area contributed by atoms with Gasteiger partial charge in [-0.1, -0.05) is 0 Å². The van der Waals surface area contributed by atoms with E-state index in [0.29, 0.717) is 38.7 Å². The number of amides is 1. The van der Waals surface area contributed by atoms with E-state index in [4.69, 9.17) is 10.5 Å². The van der Waals surface area contributed by atoms with Crippen molar-refractivity contribution in [3.8, 4) is 0 Å². The van der Waals surface area contributed by atoms with E-state index in [1.165, 1.54) is 0 Å². The van der Waals surface area contributed by atoms with Crippen LogP contribution < -0.4 is 5.73 Å². The molecule has 0 aromatic carbocycles. The molecule has 1 amide bonds. The molecular formula is C16H28N6O2. The molecule has 2 rings (SSSR count). The van der Waals surface area contributed by atoms with Crippen LogP contribution in [0.3, 0.4) is 0 Å². The fourth-order valence-corrected chi connectivity index (χ4v) is 2.41. The van der Waals surface area contributed by atoms with Crippen molar-refractivity contribution in [2.24, 2.45) is 17.8 Å². The van der Waals surface area contributed by atoms with Crippen LogP contribution >= 0.6 is 0 Å². The van der Waals surface area contributed by atoms with Crippen molar-refractivity contribution in [3.05, 3.63) is 17.5 Å². The predicted octanol–water partition coefficient (Wildman–Crippen LogP) is 1.10. The summed E-state index contributed by atoms with van der Waals surface area (Å²) in [6.07, 6.45) is 1.54. The van der Waals surface area contributed by atoms with Gasteiger partial charge in [0.25, 0.3) is 0 Å². The Hall–Kier alpha value is -2.25. The second-order valence-corrected chi connectivity index (χ2v) is 7.01. The molecule has 1 saturated heterocycles. The Bertz CT molecular complexity index is 609. The average Bonchev–Trinajstić information content (AvgIpc) is 2.83. The van der Waals surface area contributed by atoms with Gasteiger partial charge < -0.3 is 20.3 Å². The van der Waals surface area contributed by atoms with Gasteiger partial charge in [-0.25, -0.2) is 9.79 Å². The van der Waals surface area contributed by atoms with E-state index in [0.717, 1.165) is 11.3 Å². The minimum absolute atomic E-state index is 0.274. The molecule has 0 aliphatic carbocycles. The number of rotatable bonds is 2. The van der Waals surface area contributed by atoms with Crippen LogP contribution in [-0.2, 0) is 18.3 Å². The van der Waals surface area contributed by atoms with Crippen LogP contribution in [0, 0.1) is 6.92 Å². The summed E-state index contributed by atoms with van der Waals surface area (Å²) in [5, 5.41) is 4.20. The third kappa shape index (κ3) is 4.62. The Balaban J connectivity index is 1.86. The highest BCUT2D eigenvalue weighted by Gasteiger charge is 2.26. The predicted molar refractivity (Wildman–Crippen MR) is 92.7 cm³/mol. The van der Waals surface area contributed by atoms with E-state index >= 15 is 0 Å². The summed E-state index contributed by atoms with van der Waals surface area (Å²) in [4.78, 5) is 20.2. The number of hydrogen-bond acceptors (Lipinski definition) is 4. The molecular weight excluding hydrogens is 308 g/mol. The highest BCUT2D eigenvalue weighted by Crippen LogP contribution is 2.12. The molecule has 24 heavy (non-hydrogen) atoms. The van der Waals surface area contributed by atoms with Gasteiger partial charge in [-0.3, -0.25) is 4.68 Å². The molecule has 0 radical (unpaired) electrons. The zero-order chi connectivity index (χ0) is 17.9. The lowest BCUT2D eigenvalue weighted by Crippen LogP contribution is -2.53. The minimum atomic E-state index is -0.476. The fourth-order valence-electron chi connectivity index (χ4n) is 2.41. The van der Waals surface area contributed by atoms with E-state index in [1.807, 2.05) is 50.5 Å².